The van der Waals surface area contributed by atoms with Gasteiger partial charge in [0.05, 0.1) is 12.1 Å². The molecule has 1 N–H and O–H groups in total. The first kappa shape index (κ1) is 16.1. The molecule has 0 spiro atoms. The number of carbonyl (C=O) groups excluding carboxylic acids is 2. The predicted molar refractivity (Wildman–Crippen MR) is 96.8 cm³/mol. The van der Waals surface area contributed by atoms with Crippen molar-refractivity contribution in [3.8, 4) is 11.1 Å². The summed E-state index contributed by atoms with van der Waals surface area (Å²) < 4.78 is 5.37. The standard InChI is InChI=1S/C20H16N2O4/c23-18-12-22(9-8-21-18)19(24)15-6-3-5-13(10-15)16-11-14-4-1-2-7-17(14)26-20(16)25/h1-7,10-11H,8-9,12H2,(H,21,23). The van der Waals surface area contributed by atoms with E-state index >= 15 is 0 Å². The zero-order valence-corrected chi connectivity index (χ0v) is 13.9. The highest BCUT2D eigenvalue weighted by atomic mass is 16.4. The van der Waals surface area contributed by atoms with Gasteiger partial charge in [-0.2, -0.15) is 0 Å². The molecular formula is C20H16N2O4. The van der Waals surface area contributed by atoms with Crippen LogP contribution in [0.3, 0.4) is 0 Å². The molecule has 130 valence electrons. The summed E-state index contributed by atoms with van der Waals surface area (Å²) in [4.78, 5) is 38.0. The average molecular weight is 348 g/mol. The van der Waals surface area contributed by atoms with E-state index in [1.807, 2.05) is 12.1 Å². The second kappa shape index (κ2) is 6.48. The summed E-state index contributed by atoms with van der Waals surface area (Å²) in [6, 6.07) is 15.9. The zero-order valence-electron chi connectivity index (χ0n) is 13.9. The minimum Gasteiger partial charge on any atom is -0.422 e. The Hall–Kier alpha value is -3.41. The first-order chi connectivity index (χ1) is 12.6. The number of hydrogen-bond acceptors (Lipinski definition) is 4. The number of fused-ring (bicyclic) bond motifs is 1. The minimum absolute atomic E-state index is 0.0428. The summed E-state index contributed by atoms with van der Waals surface area (Å²) in [5, 5.41) is 3.51. The number of nitrogens with one attached hydrogen (secondary N) is 1. The molecule has 1 aliphatic heterocycles. The lowest BCUT2D eigenvalue weighted by atomic mass is 10.0. The Morgan fingerprint density at radius 1 is 1.04 bits per heavy atom. The quantitative estimate of drug-likeness (QED) is 0.719. The van der Waals surface area contributed by atoms with Crippen LogP contribution in [0.5, 0.6) is 0 Å². The SMILES string of the molecule is O=C1CN(C(=O)c2cccc(-c3cc4ccccc4oc3=O)c2)CCN1. The third-order valence-electron chi connectivity index (χ3n) is 4.39. The fourth-order valence-electron chi connectivity index (χ4n) is 3.08. The molecular weight excluding hydrogens is 332 g/mol. The number of hydrogen-bond donors (Lipinski definition) is 1. The highest BCUT2D eigenvalue weighted by molar-refractivity contribution is 5.98. The zero-order chi connectivity index (χ0) is 18.1. The van der Waals surface area contributed by atoms with Gasteiger partial charge in [-0.25, -0.2) is 4.79 Å². The Kier molecular flexibility index (Phi) is 4.01. The molecule has 2 aromatic carbocycles. The van der Waals surface area contributed by atoms with E-state index in [0.717, 1.165) is 5.39 Å². The lowest BCUT2D eigenvalue weighted by molar-refractivity contribution is -0.123. The number of rotatable bonds is 2. The van der Waals surface area contributed by atoms with E-state index in [-0.39, 0.29) is 18.4 Å². The van der Waals surface area contributed by atoms with E-state index < -0.39 is 5.63 Å². The maximum absolute atomic E-state index is 12.7. The van der Waals surface area contributed by atoms with E-state index in [4.69, 9.17) is 4.42 Å². The number of amides is 2. The summed E-state index contributed by atoms with van der Waals surface area (Å²) >= 11 is 0. The third kappa shape index (κ3) is 2.97. The van der Waals surface area contributed by atoms with E-state index in [1.54, 1.807) is 42.5 Å². The van der Waals surface area contributed by atoms with Gasteiger partial charge in [0.15, 0.2) is 0 Å². The van der Waals surface area contributed by atoms with Crippen LogP contribution in [0.25, 0.3) is 22.1 Å². The number of carbonyl (C=O) groups is 2. The van der Waals surface area contributed by atoms with Crippen LogP contribution in [0.4, 0.5) is 0 Å². The molecule has 1 fully saturated rings. The smallest absolute Gasteiger partial charge is 0.344 e. The first-order valence-electron chi connectivity index (χ1n) is 8.31. The van der Waals surface area contributed by atoms with Crippen molar-refractivity contribution in [2.24, 2.45) is 0 Å². The molecule has 6 heteroatoms. The van der Waals surface area contributed by atoms with Crippen LogP contribution in [0, 0.1) is 0 Å². The number of piperazine rings is 1. The van der Waals surface area contributed by atoms with Crippen molar-refractivity contribution < 1.29 is 14.0 Å². The Labute approximate surface area is 149 Å². The highest BCUT2D eigenvalue weighted by Crippen LogP contribution is 2.22. The maximum atomic E-state index is 12.7. The van der Waals surface area contributed by atoms with Gasteiger partial charge < -0.3 is 14.6 Å². The Morgan fingerprint density at radius 3 is 2.73 bits per heavy atom. The molecule has 26 heavy (non-hydrogen) atoms. The van der Waals surface area contributed by atoms with E-state index in [0.29, 0.717) is 35.4 Å². The molecule has 1 saturated heterocycles. The monoisotopic (exact) mass is 348 g/mol. The van der Waals surface area contributed by atoms with Gasteiger partial charge in [0.2, 0.25) is 5.91 Å². The molecule has 0 radical (unpaired) electrons. The largest absolute Gasteiger partial charge is 0.422 e. The van der Waals surface area contributed by atoms with E-state index in [2.05, 4.69) is 5.32 Å². The van der Waals surface area contributed by atoms with Gasteiger partial charge >= 0.3 is 5.63 Å². The fraction of sp³-hybridized carbons (Fsp3) is 0.150. The molecule has 0 unspecified atom stereocenters. The first-order valence-corrected chi connectivity index (χ1v) is 8.31. The summed E-state index contributed by atoms with van der Waals surface area (Å²) in [6.07, 6.45) is 0. The second-order valence-electron chi connectivity index (χ2n) is 6.14. The van der Waals surface area contributed by atoms with Gasteiger partial charge in [0, 0.05) is 24.0 Å². The van der Waals surface area contributed by atoms with Gasteiger partial charge in [0.25, 0.3) is 5.91 Å². The fourth-order valence-corrected chi connectivity index (χ4v) is 3.08. The molecule has 6 nitrogen and oxygen atoms in total. The van der Waals surface area contributed by atoms with Crippen molar-refractivity contribution in [3.05, 3.63) is 70.6 Å². The molecule has 4 rings (SSSR count). The molecule has 3 aromatic rings. The van der Waals surface area contributed by atoms with E-state index in [9.17, 15) is 14.4 Å². The summed E-state index contributed by atoms with van der Waals surface area (Å²) in [7, 11) is 0. The summed E-state index contributed by atoms with van der Waals surface area (Å²) in [5.41, 5.74) is 1.51. The molecule has 0 bridgehead atoms. The molecule has 2 heterocycles. The Bertz CT molecular complexity index is 1070. The van der Waals surface area contributed by atoms with Crippen LogP contribution >= 0.6 is 0 Å². The van der Waals surface area contributed by atoms with Crippen LogP contribution in [-0.4, -0.2) is 36.3 Å². The molecule has 1 aromatic heterocycles. The minimum atomic E-state index is -0.453. The van der Waals surface area contributed by atoms with Crippen molar-refractivity contribution in [3.63, 3.8) is 0 Å². The van der Waals surface area contributed by atoms with Gasteiger partial charge in [-0.1, -0.05) is 30.3 Å². The van der Waals surface area contributed by atoms with Crippen molar-refractivity contribution in [2.75, 3.05) is 19.6 Å². The van der Waals surface area contributed by atoms with Gasteiger partial charge in [0.1, 0.15) is 5.58 Å². The lowest BCUT2D eigenvalue weighted by Crippen LogP contribution is -2.49. The van der Waals surface area contributed by atoms with Gasteiger partial charge in [-0.05, 0) is 29.8 Å². The highest BCUT2D eigenvalue weighted by Gasteiger charge is 2.22. The van der Waals surface area contributed by atoms with Crippen LogP contribution in [0.15, 0.2) is 63.8 Å². The van der Waals surface area contributed by atoms with Crippen molar-refractivity contribution in [2.45, 2.75) is 0 Å². The van der Waals surface area contributed by atoms with Crippen LogP contribution in [0.2, 0.25) is 0 Å². The normalized spacial score (nSPS) is 14.3. The molecule has 0 saturated carbocycles. The maximum Gasteiger partial charge on any atom is 0.344 e. The van der Waals surface area contributed by atoms with Crippen molar-refractivity contribution >= 4 is 22.8 Å². The van der Waals surface area contributed by atoms with Gasteiger partial charge in [-0.3, -0.25) is 9.59 Å². The van der Waals surface area contributed by atoms with Crippen molar-refractivity contribution in [1.29, 1.82) is 0 Å². The van der Waals surface area contributed by atoms with Crippen molar-refractivity contribution in [1.82, 2.24) is 10.2 Å². The second-order valence-corrected chi connectivity index (χ2v) is 6.14. The molecule has 1 aliphatic rings. The van der Waals surface area contributed by atoms with Crippen LogP contribution in [0.1, 0.15) is 10.4 Å². The Balaban J connectivity index is 1.72. The average Bonchev–Trinajstić information content (AvgIpc) is 2.67. The summed E-state index contributed by atoms with van der Waals surface area (Å²) in [5.74, 6) is -0.400. The van der Waals surface area contributed by atoms with E-state index in [1.165, 1.54) is 4.90 Å². The predicted octanol–water partition coefficient (Wildman–Crippen LogP) is 2.03. The molecule has 0 aliphatic carbocycles. The molecule has 2 amide bonds. The lowest BCUT2D eigenvalue weighted by Gasteiger charge is -2.26. The Morgan fingerprint density at radius 2 is 1.88 bits per heavy atom. The summed E-state index contributed by atoms with van der Waals surface area (Å²) in [6.45, 7) is 0.951. The third-order valence-corrected chi connectivity index (χ3v) is 4.39. The number of benzene rings is 2. The number of nitrogens with zero attached hydrogens (tertiary/aromatic N) is 1. The van der Waals surface area contributed by atoms with Gasteiger partial charge in [-0.15, -0.1) is 0 Å². The van der Waals surface area contributed by atoms with Crippen LogP contribution in [-0.2, 0) is 4.79 Å². The van der Waals surface area contributed by atoms with Crippen LogP contribution < -0.4 is 10.9 Å². The number of para-hydroxylation sites is 1. The topological polar surface area (TPSA) is 79.6 Å². The molecule has 0 atom stereocenters.